The number of hydrogen-bond donors (Lipinski definition) is 2. The third-order valence-electron chi connectivity index (χ3n) is 3.41. The van der Waals surface area contributed by atoms with Gasteiger partial charge in [-0.25, -0.2) is 4.39 Å². The maximum Gasteiger partial charge on any atom is 0.123 e. The molecule has 0 amide bonds. The van der Waals surface area contributed by atoms with Gasteiger partial charge in [0.05, 0.1) is 6.61 Å². The fraction of sp³-hybridized carbons (Fsp3) is 0.294. The normalized spacial score (nSPS) is 12.3. The molecule has 0 saturated heterocycles. The van der Waals surface area contributed by atoms with Crippen LogP contribution in [0.1, 0.15) is 29.7 Å². The monoisotopic (exact) mass is 273 g/mol. The van der Waals surface area contributed by atoms with Crippen molar-refractivity contribution in [1.29, 1.82) is 0 Å². The lowest BCUT2D eigenvalue weighted by Gasteiger charge is -2.15. The molecule has 20 heavy (non-hydrogen) atoms. The summed E-state index contributed by atoms with van der Waals surface area (Å²) in [7, 11) is 0. The van der Waals surface area contributed by atoms with Crippen molar-refractivity contribution >= 4 is 0 Å². The Morgan fingerprint density at radius 2 is 1.85 bits per heavy atom. The molecule has 2 N–H and O–H groups in total. The van der Waals surface area contributed by atoms with Gasteiger partial charge in [-0.3, -0.25) is 0 Å². The van der Waals surface area contributed by atoms with Gasteiger partial charge >= 0.3 is 0 Å². The fourth-order valence-electron chi connectivity index (χ4n) is 2.16. The van der Waals surface area contributed by atoms with Crippen LogP contribution in [-0.2, 0) is 13.0 Å². The molecule has 3 heteroatoms. The molecule has 0 radical (unpaired) electrons. The van der Waals surface area contributed by atoms with Crippen LogP contribution in [-0.4, -0.2) is 11.7 Å². The van der Waals surface area contributed by atoms with Crippen LogP contribution in [0.4, 0.5) is 4.39 Å². The summed E-state index contributed by atoms with van der Waals surface area (Å²) in [6.45, 7) is 2.99. The van der Waals surface area contributed by atoms with Gasteiger partial charge in [0.2, 0.25) is 0 Å². The van der Waals surface area contributed by atoms with Gasteiger partial charge in [0.1, 0.15) is 5.82 Å². The average molecular weight is 273 g/mol. The first-order valence-electron chi connectivity index (χ1n) is 6.86. The minimum absolute atomic E-state index is 0.0656. The van der Waals surface area contributed by atoms with E-state index >= 15 is 0 Å². The van der Waals surface area contributed by atoms with Crippen molar-refractivity contribution in [3.8, 4) is 0 Å². The Kier molecular flexibility index (Phi) is 5.27. The van der Waals surface area contributed by atoms with Crippen LogP contribution in [0.15, 0.2) is 48.5 Å². The molecular weight excluding hydrogens is 253 g/mol. The Morgan fingerprint density at radius 1 is 1.10 bits per heavy atom. The predicted molar refractivity (Wildman–Crippen MR) is 78.9 cm³/mol. The topological polar surface area (TPSA) is 32.3 Å². The number of hydrogen-bond acceptors (Lipinski definition) is 2. The predicted octanol–water partition coefficient (Wildman–Crippen LogP) is 3.21. The quantitative estimate of drug-likeness (QED) is 0.847. The van der Waals surface area contributed by atoms with Crippen LogP contribution >= 0.6 is 0 Å². The summed E-state index contributed by atoms with van der Waals surface area (Å²) in [6, 6.07) is 14.8. The smallest absolute Gasteiger partial charge is 0.123 e. The highest BCUT2D eigenvalue weighted by molar-refractivity contribution is 5.25. The molecule has 106 valence electrons. The SMILES string of the molecule is CC(NCCc1ccc(F)cc1)c1cccc(CO)c1. The van der Waals surface area contributed by atoms with E-state index in [1.165, 1.54) is 12.1 Å². The van der Waals surface area contributed by atoms with E-state index in [9.17, 15) is 4.39 Å². The molecule has 2 aromatic carbocycles. The molecule has 1 unspecified atom stereocenters. The summed E-state index contributed by atoms with van der Waals surface area (Å²) in [5.74, 6) is -0.198. The average Bonchev–Trinajstić information content (AvgIpc) is 2.49. The molecule has 0 fully saturated rings. The van der Waals surface area contributed by atoms with E-state index in [1.807, 2.05) is 30.3 Å². The Morgan fingerprint density at radius 3 is 2.55 bits per heavy atom. The minimum atomic E-state index is -0.198. The molecule has 0 saturated carbocycles. The van der Waals surface area contributed by atoms with Gasteiger partial charge in [-0.2, -0.15) is 0 Å². The summed E-state index contributed by atoms with van der Waals surface area (Å²) >= 11 is 0. The van der Waals surface area contributed by atoms with Crippen LogP contribution in [0.25, 0.3) is 0 Å². The van der Waals surface area contributed by atoms with E-state index < -0.39 is 0 Å². The molecule has 2 nitrogen and oxygen atoms in total. The highest BCUT2D eigenvalue weighted by atomic mass is 19.1. The van der Waals surface area contributed by atoms with Crippen LogP contribution in [0.2, 0.25) is 0 Å². The second-order valence-electron chi connectivity index (χ2n) is 4.96. The van der Waals surface area contributed by atoms with Gasteiger partial charge in [-0.15, -0.1) is 0 Å². The molecule has 0 aromatic heterocycles. The summed E-state index contributed by atoms with van der Waals surface area (Å²) in [5, 5.41) is 12.6. The zero-order chi connectivity index (χ0) is 14.4. The van der Waals surface area contributed by atoms with E-state index in [4.69, 9.17) is 5.11 Å². The lowest BCUT2D eigenvalue weighted by Crippen LogP contribution is -2.21. The molecule has 0 bridgehead atoms. The highest BCUT2D eigenvalue weighted by Gasteiger charge is 2.05. The molecule has 0 spiro atoms. The number of benzene rings is 2. The van der Waals surface area contributed by atoms with E-state index in [0.717, 1.165) is 29.7 Å². The Hall–Kier alpha value is -1.71. The van der Waals surface area contributed by atoms with E-state index in [2.05, 4.69) is 18.3 Å². The highest BCUT2D eigenvalue weighted by Crippen LogP contribution is 2.14. The second-order valence-corrected chi connectivity index (χ2v) is 4.96. The number of aliphatic hydroxyl groups excluding tert-OH is 1. The van der Waals surface area contributed by atoms with Crippen molar-refractivity contribution in [1.82, 2.24) is 5.32 Å². The first-order chi connectivity index (χ1) is 9.69. The van der Waals surface area contributed by atoms with Gasteiger partial charge in [0.25, 0.3) is 0 Å². The summed E-state index contributed by atoms with van der Waals surface area (Å²) < 4.78 is 12.8. The van der Waals surface area contributed by atoms with Crippen molar-refractivity contribution in [2.45, 2.75) is 26.0 Å². The third-order valence-corrected chi connectivity index (χ3v) is 3.41. The van der Waals surface area contributed by atoms with Gasteiger partial charge in [-0.1, -0.05) is 36.4 Å². The molecule has 1 atom stereocenters. The molecule has 0 aliphatic rings. The Labute approximate surface area is 119 Å². The van der Waals surface area contributed by atoms with Crippen molar-refractivity contribution in [2.24, 2.45) is 0 Å². The molecular formula is C17H20FNO. The fourth-order valence-corrected chi connectivity index (χ4v) is 2.16. The minimum Gasteiger partial charge on any atom is -0.392 e. The zero-order valence-electron chi connectivity index (χ0n) is 11.6. The van der Waals surface area contributed by atoms with E-state index in [0.29, 0.717) is 0 Å². The van der Waals surface area contributed by atoms with Crippen molar-refractivity contribution < 1.29 is 9.50 Å². The second kappa shape index (κ2) is 7.17. The first kappa shape index (κ1) is 14.7. The lowest BCUT2D eigenvalue weighted by molar-refractivity contribution is 0.281. The van der Waals surface area contributed by atoms with E-state index in [1.54, 1.807) is 0 Å². The maximum absolute atomic E-state index is 12.8. The first-order valence-corrected chi connectivity index (χ1v) is 6.86. The molecule has 2 rings (SSSR count). The number of aliphatic hydroxyl groups is 1. The van der Waals surface area contributed by atoms with Crippen molar-refractivity contribution in [3.63, 3.8) is 0 Å². The zero-order valence-corrected chi connectivity index (χ0v) is 11.6. The third kappa shape index (κ3) is 4.15. The summed E-state index contributed by atoms with van der Waals surface area (Å²) in [6.07, 6.45) is 0.865. The number of rotatable bonds is 6. The van der Waals surface area contributed by atoms with Crippen molar-refractivity contribution in [2.75, 3.05) is 6.54 Å². The summed E-state index contributed by atoms with van der Waals surface area (Å²) in [5.41, 5.74) is 3.21. The van der Waals surface area contributed by atoms with Gasteiger partial charge < -0.3 is 10.4 Å². The van der Waals surface area contributed by atoms with Gasteiger partial charge in [0.15, 0.2) is 0 Å². The lowest BCUT2D eigenvalue weighted by atomic mass is 10.1. The van der Waals surface area contributed by atoms with Gasteiger partial charge in [-0.05, 0) is 48.7 Å². The molecule has 0 heterocycles. The van der Waals surface area contributed by atoms with Crippen LogP contribution < -0.4 is 5.32 Å². The molecule has 0 aliphatic carbocycles. The summed E-state index contributed by atoms with van der Waals surface area (Å²) in [4.78, 5) is 0. The standard InChI is InChI=1S/C17H20FNO/c1-13(16-4-2-3-15(11-16)12-20)19-10-9-14-5-7-17(18)8-6-14/h2-8,11,13,19-20H,9-10,12H2,1H3. The van der Waals surface area contributed by atoms with Crippen LogP contribution in [0.3, 0.4) is 0 Å². The Balaban J connectivity index is 1.85. The van der Waals surface area contributed by atoms with Gasteiger partial charge in [0, 0.05) is 6.04 Å². The molecule has 2 aromatic rings. The van der Waals surface area contributed by atoms with Crippen molar-refractivity contribution in [3.05, 3.63) is 71.0 Å². The Bertz CT molecular complexity index is 539. The van der Waals surface area contributed by atoms with Crippen LogP contribution in [0.5, 0.6) is 0 Å². The maximum atomic E-state index is 12.8. The number of halogens is 1. The molecule has 0 aliphatic heterocycles. The largest absolute Gasteiger partial charge is 0.392 e. The van der Waals surface area contributed by atoms with E-state index in [-0.39, 0.29) is 18.5 Å². The van der Waals surface area contributed by atoms with Crippen LogP contribution in [0, 0.1) is 5.82 Å². The number of nitrogens with one attached hydrogen (secondary N) is 1.